The van der Waals surface area contributed by atoms with Crippen LogP contribution in [0.15, 0.2) is 42.5 Å². The number of hydrogen-bond donors (Lipinski definition) is 1. The fourth-order valence-corrected chi connectivity index (χ4v) is 2.59. The zero-order valence-corrected chi connectivity index (χ0v) is 10.2. The maximum Gasteiger partial charge on any atom is 0.0238 e. The minimum atomic E-state index is 0.314. The van der Waals surface area contributed by atoms with Gasteiger partial charge < -0.3 is 0 Å². The molecule has 0 saturated heterocycles. The van der Waals surface area contributed by atoms with Crippen molar-refractivity contribution < 1.29 is 0 Å². The van der Waals surface area contributed by atoms with Crippen molar-refractivity contribution in [3.05, 3.63) is 59.2 Å². The Bertz CT molecular complexity index is 541. The molecule has 0 heterocycles. The van der Waals surface area contributed by atoms with E-state index in [0.29, 0.717) is 5.25 Å². The van der Waals surface area contributed by atoms with Gasteiger partial charge in [0.15, 0.2) is 0 Å². The molecule has 1 aliphatic carbocycles. The SMILES string of the molecule is CC(S)c1ccc2c(c1)Cc1ccccc1-2. The van der Waals surface area contributed by atoms with E-state index in [1.54, 1.807) is 0 Å². The van der Waals surface area contributed by atoms with Gasteiger partial charge >= 0.3 is 0 Å². The molecule has 0 saturated carbocycles. The molecule has 0 nitrogen and oxygen atoms in total. The topological polar surface area (TPSA) is 0 Å². The second kappa shape index (κ2) is 3.67. The lowest BCUT2D eigenvalue weighted by atomic mass is 10.0. The molecular weight excluding hydrogens is 212 g/mol. The largest absolute Gasteiger partial charge is 0.171 e. The zero-order valence-electron chi connectivity index (χ0n) is 9.27. The predicted octanol–water partition coefficient (Wildman–Crippen LogP) is 4.25. The van der Waals surface area contributed by atoms with Crippen LogP contribution in [0.2, 0.25) is 0 Å². The van der Waals surface area contributed by atoms with Crippen LogP contribution in [0.3, 0.4) is 0 Å². The Morgan fingerprint density at radius 2 is 1.75 bits per heavy atom. The van der Waals surface area contributed by atoms with Gasteiger partial charge in [0.2, 0.25) is 0 Å². The first-order valence-corrected chi connectivity index (χ1v) is 6.16. The van der Waals surface area contributed by atoms with Gasteiger partial charge in [0, 0.05) is 5.25 Å². The first kappa shape index (κ1) is 9.98. The molecule has 0 fully saturated rings. The second-order valence-corrected chi connectivity index (χ2v) is 5.20. The Labute approximate surface area is 102 Å². The number of thiol groups is 1. The molecule has 1 heteroatoms. The molecule has 0 N–H and O–H groups in total. The van der Waals surface area contributed by atoms with E-state index in [2.05, 4.69) is 62.0 Å². The lowest BCUT2D eigenvalue weighted by Gasteiger charge is -2.07. The smallest absolute Gasteiger partial charge is 0.0238 e. The molecule has 0 aromatic heterocycles. The molecule has 0 amide bonds. The van der Waals surface area contributed by atoms with E-state index < -0.39 is 0 Å². The molecule has 0 spiro atoms. The van der Waals surface area contributed by atoms with Crippen LogP contribution in [0.1, 0.15) is 28.9 Å². The quantitative estimate of drug-likeness (QED) is 0.589. The van der Waals surface area contributed by atoms with E-state index in [-0.39, 0.29) is 0 Å². The van der Waals surface area contributed by atoms with Gasteiger partial charge in [-0.3, -0.25) is 0 Å². The van der Waals surface area contributed by atoms with E-state index in [1.165, 1.54) is 27.8 Å². The number of fused-ring (bicyclic) bond motifs is 3. The van der Waals surface area contributed by atoms with Crippen LogP contribution in [0, 0.1) is 0 Å². The highest BCUT2D eigenvalue weighted by Crippen LogP contribution is 2.37. The van der Waals surface area contributed by atoms with E-state index in [4.69, 9.17) is 0 Å². The molecule has 2 aromatic rings. The average Bonchev–Trinajstić information content (AvgIpc) is 2.66. The van der Waals surface area contributed by atoms with E-state index in [9.17, 15) is 0 Å². The van der Waals surface area contributed by atoms with Crippen LogP contribution >= 0.6 is 12.6 Å². The number of hydrogen-bond acceptors (Lipinski definition) is 1. The summed E-state index contributed by atoms with van der Waals surface area (Å²) in [5, 5.41) is 0.314. The minimum absolute atomic E-state index is 0.314. The maximum absolute atomic E-state index is 4.49. The van der Waals surface area contributed by atoms with Crippen LogP contribution in [0.25, 0.3) is 11.1 Å². The van der Waals surface area contributed by atoms with Crippen molar-refractivity contribution in [2.75, 3.05) is 0 Å². The third-order valence-electron chi connectivity index (χ3n) is 3.30. The highest BCUT2D eigenvalue weighted by molar-refractivity contribution is 7.80. The molecule has 1 aliphatic rings. The summed E-state index contributed by atoms with van der Waals surface area (Å²) in [6, 6.07) is 15.4. The van der Waals surface area contributed by atoms with Gasteiger partial charge in [-0.15, -0.1) is 0 Å². The van der Waals surface area contributed by atoms with Crippen molar-refractivity contribution in [2.24, 2.45) is 0 Å². The van der Waals surface area contributed by atoms with Crippen LogP contribution in [-0.4, -0.2) is 0 Å². The number of rotatable bonds is 1. The van der Waals surface area contributed by atoms with Crippen LogP contribution in [0.4, 0.5) is 0 Å². The Balaban J connectivity index is 2.14. The fraction of sp³-hybridized carbons (Fsp3) is 0.200. The van der Waals surface area contributed by atoms with Gasteiger partial charge in [-0.2, -0.15) is 12.6 Å². The van der Waals surface area contributed by atoms with Crippen LogP contribution in [0.5, 0.6) is 0 Å². The van der Waals surface area contributed by atoms with E-state index >= 15 is 0 Å². The summed E-state index contributed by atoms with van der Waals surface area (Å²) in [7, 11) is 0. The Morgan fingerprint density at radius 3 is 2.56 bits per heavy atom. The highest BCUT2D eigenvalue weighted by atomic mass is 32.1. The fourth-order valence-electron chi connectivity index (χ4n) is 2.42. The number of benzene rings is 2. The summed E-state index contributed by atoms with van der Waals surface area (Å²) in [5.41, 5.74) is 7.00. The van der Waals surface area contributed by atoms with Gasteiger partial charge in [-0.25, -0.2) is 0 Å². The third-order valence-corrected chi connectivity index (χ3v) is 3.60. The Kier molecular flexibility index (Phi) is 2.29. The van der Waals surface area contributed by atoms with Crippen LogP contribution < -0.4 is 0 Å². The molecule has 80 valence electrons. The summed E-state index contributed by atoms with van der Waals surface area (Å²) in [6.07, 6.45) is 1.07. The van der Waals surface area contributed by atoms with Gasteiger partial charge in [-0.1, -0.05) is 42.5 Å². The summed E-state index contributed by atoms with van der Waals surface area (Å²) < 4.78 is 0. The minimum Gasteiger partial charge on any atom is -0.171 e. The van der Waals surface area contributed by atoms with Crippen molar-refractivity contribution in [1.29, 1.82) is 0 Å². The monoisotopic (exact) mass is 226 g/mol. The standard InChI is InChI=1S/C15H14S/c1-10(16)11-6-7-15-13(8-11)9-12-4-2-3-5-14(12)15/h2-8,10,16H,9H2,1H3. The van der Waals surface area contributed by atoms with Crippen molar-refractivity contribution >= 4 is 12.6 Å². The lowest BCUT2D eigenvalue weighted by Crippen LogP contribution is -1.87. The Hall–Kier alpha value is -1.21. The second-order valence-electron chi connectivity index (χ2n) is 4.43. The van der Waals surface area contributed by atoms with Crippen molar-refractivity contribution in [3.63, 3.8) is 0 Å². The molecule has 3 rings (SSSR count). The Morgan fingerprint density at radius 1 is 1.00 bits per heavy atom. The van der Waals surface area contributed by atoms with Gasteiger partial charge in [0.05, 0.1) is 0 Å². The van der Waals surface area contributed by atoms with Gasteiger partial charge in [0.25, 0.3) is 0 Å². The molecule has 2 aromatic carbocycles. The normalized spacial score (nSPS) is 14.4. The predicted molar refractivity (Wildman–Crippen MR) is 72.1 cm³/mol. The molecule has 1 unspecified atom stereocenters. The van der Waals surface area contributed by atoms with Crippen LogP contribution in [-0.2, 0) is 6.42 Å². The molecular formula is C15H14S. The average molecular weight is 226 g/mol. The van der Waals surface area contributed by atoms with Gasteiger partial charge in [-0.05, 0) is 41.2 Å². The van der Waals surface area contributed by atoms with Crippen molar-refractivity contribution in [3.8, 4) is 11.1 Å². The van der Waals surface area contributed by atoms with Gasteiger partial charge in [0.1, 0.15) is 0 Å². The molecule has 0 bridgehead atoms. The molecule has 0 radical (unpaired) electrons. The molecule has 16 heavy (non-hydrogen) atoms. The molecule has 1 atom stereocenters. The zero-order chi connectivity index (χ0) is 11.1. The summed E-state index contributed by atoms with van der Waals surface area (Å²) in [6.45, 7) is 2.12. The lowest BCUT2D eigenvalue weighted by molar-refractivity contribution is 1.10. The maximum atomic E-state index is 4.49. The summed E-state index contributed by atoms with van der Waals surface area (Å²) >= 11 is 4.49. The first-order valence-electron chi connectivity index (χ1n) is 5.65. The highest BCUT2D eigenvalue weighted by Gasteiger charge is 2.18. The van der Waals surface area contributed by atoms with E-state index in [0.717, 1.165) is 6.42 Å². The molecule has 0 aliphatic heterocycles. The first-order chi connectivity index (χ1) is 7.75. The third kappa shape index (κ3) is 1.47. The summed E-state index contributed by atoms with van der Waals surface area (Å²) in [5.74, 6) is 0. The van der Waals surface area contributed by atoms with Crippen molar-refractivity contribution in [1.82, 2.24) is 0 Å². The van der Waals surface area contributed by atoms with Crippen molar-refractivity contribution in [2.45, 2.75) is 18.6 Å². The summed E-state index contributed by atoms with van der Waals surface area (Å²) in [4.78, 5) is 0. The van der Waals surface area contributed by atoms with E-state index in [1.807, 2.05) is 0 Å².